The van der Waals surface area contributed by atoms with Crippen LogP contribution in [0.25, 0.3) is 6.08 Å². The molecule has 0 aliphatic carbocycles. The van der Waals surface area contributed by atoms with E-state index in [0.717, 1.165) is 11.1 Å². The minimum atomic E-state index is -0.547. The largest absolute Gasteiger partial charge is 0.490 e. The van der Waals surface area contributed by atoms with E-state index >= 15 is 0 Å². The standard InChI is InChI=1S/C27H22ClN3O3/c1-3-33-26-13-19(9-11-25(26)34-17-21-7-5-4-6-20(21)15-29)12-22(16-30)27(32)31-23-10-8-18(2)24(28)14-23/h4-14H,3,17H2,1-2H3,(H,31,32)/b22-12+. The second-order valence-electron chi connectivity index (χ2n) is 7.28. The molecule has 0 aromatic heterocycles. The van der Waals surface area contributed by atoms with E-state index in [0.29, 0.717) is 39.9 Å². The van der Waals surface area contributed by atoms with Crippen molar-refractivity contribution in [1.82, 2.24) is 0 Å². The van der Waals surface area contributed by atoms with Gasteiger partial charge < -0.3 is 14.8 Å². The number of halogens is 1. The van der Waals surface area contributed by atoms with Crippen LogP contribution in [0, 0.1) is 29.6 Å². The lowest BCUT2D eigenvalue weighted by Gasteiger charge is -2.13. The molecular formula is C27H22ClN3O3. The molecule has 1 amide bonds. The molecule has 0 aliphatic heterocycles. The first-order chi connectivity index (χ1) is 16.4. The van der Waals surface area contributed by atoms with Gasteiger partial charge in [-0.2, -0.15) is 10.5 Å². The van der Waals surface area contributed by atoms with E-state index in [9.17, 15) is 15.3 Å². The number of rotatable bonds is 8. The zero-order chi connectivity index (χ0) is 24.5. The van der Waals surface area contributed by atoms with Crippen molar-refractivity contribution in [2.24, 2.45) is 0 Å². The van der Waals surface area contributed by atoms with Crippen molar-refractivity contribution in [2.75, 3.05) is 11.9 Å². The third kappa shape index (κ3) is 6.16. The number of nitriles is 2. The van der Waals surface area contributed by atoms with Crippen molar-refractivity contribution in [2.45, 2.75) is 20.5 Å². The van der Waals surface area contributed by atoms with Crippen LogP contribution >= 0.6 is 11.6 Å². The van der Waals surface area contributed by atoms with Crippen molar-refractivity contribution in [3.63, 3.8) is 0 Å². The summed E-state index contributed by atoms with van der Waals surface area (Å²) in [6.45, 7) is 4.31. The van der Waals surface area contributed by atoms with Crippen molar-refractivity contribution < 1.29 is 14.3 Å². The Bertz CT molecular complexity index is 1320. The van der Waals surface area contributed by atoms with Gasteiger partial charge in [-0.3, -0.25) is 4.79 Å². The normalized spacial score (nSPS) is 10.7. The third-order valence-electron chi connectivity index (χ3n) is 4.89. The Balaban J connectivity index is 1.80. The molecule has 3 aromatic carbocycles. The van der Waals surface area contributed by atoms with Gasteiger partial charge in [0, 0.05) is 16.3 Å². The average molecular weight is 472 g/mol. The predicted molar refractivity (Wildman–Crippen MR) is 132 cm³/mol. The minimum absolute atomic E-state index is 0.0734. The van der Waals surface area contributed by atoms with Crippen molar-refractivity contribution >= 4 is 29.3 Å². The molecule has 0 saturated heterocycles. The summed E-state index contributed by atoms with van der Waals surface area (Å²) in [7, 11) is 0. The molecule has 0 heterocycles. The fourth-order valence-corrected chi connectivity index (χ4v) is 3.28. The van der Waals surface area contributed by atoms with Crippen molar-refractivity contribution in [3.8, 4) is 23.6 Å². The molecule has 0 aliphatic rings. The maximum Gasteiger partial charge on any atom is 0.266 e. The van der Waals surface area contributed by atoms with Gasteiger partial charge >= 0.3 is 0 Å². The van der Waals surface area contributed by atoms with E-state index < -0.39 is 5.91 Å². The summed E-state index contributed by atoms with van der Waals surface area (Å²) in [6, 6.07) is 21.5. The number of aryl methyl sites for hydroxylation is 1. The van der Waals surface area contributed by atoms with Crippen LogP contribution in [0.4, 0.5) is 5.69 Å². The maximum atomic E-state index is 12.6. The topological polar surface area (TPSA) is 95.1 Å². The zero-order valence-electron chi connectivity index (χ0n) is 18.8. The molecule has 7 heteroatoms. The van der Waals surface area contributed by atoms with Crippen LogP contribution in [0.15, 0.2) is 66.2 Å². The number of ether oxygens (including phenoxy) is 2. The summed E-state index contributed by atoms with van der Waals surface area (Å²) >= 11 is 6.11. The fourth-order valence-electron chi connectivity index (χ4n) is 3.10. The Morgan fingerprint density at radius 3 is 2.56 bits per heavy atom. The van der Waals surface area contributed by atoms with Gasteiger partial charge in [0.05, 0.1) is 18.2 Å². The summed E-state index contributed by atoms with van der Waals surface area (Å²) in [6.07, 6.45) is 1.47. The van der Waals surface area contributed by atoms with Gasteiger partial charge in [0.1, 0.15) is 18.2 Å². The van der Waals surface area contributed by atoms with Gasteiger partial charge in [-0.05, 0) is 61.4 Å². The highest BCUT2D eigenvalue weighted by Gasteiger charge is 2.13. The smallest absolute Gasteiger partial charge is 0.266 e. The van der Waals surface area contributed by atoms with Gasteiger partial charge in [-0.1, -0.05) is 41.9 Å². The number of carbonyl (C=O) groups excluding carboxylic acids is 1. The lowest BCUT2D eigenvalue weighted by molar-refractivity contribution is -0.112. The summed E-state index contributed by atoms with van der Waals surface area (Å²) in [5, 5.41) is 22.0. The molecule has 0 spiro atoms. The molecular weight excluding hydrogens is 450 g/mol. The third-order valence-corrected chi connectivity index (χ3v) is 5.30. The molecule has 3 aromatic rings. The monoisotopic (exact) mass is 471 g/mol. The van der Waals surface area contributed by atoms with Crippen LogP contribution in [0.1, 0.15) is 29.2 Å². The van der Waals surface area contributed by atoms with E-state index in [1.165, 1.54) is 6.08 Å². The fraction of sp³-hybridized carbons (Fsp3) is 0.148. The molecule has 0 unspecified atom stereocenters. The molecule has 1 N–H and O–H groups in total. The van der Waals surface area contributed by atoms with Crippen molar-refractivity contribution in [3.05, 3.63) is 93.5 Å². The van der Waals surface area contributed by atoms with Crippen LogP contribution in [0.3, 0.4) is 0 Å². The summed E-state index contributed by atoms with van der Waals surface area (Å²) in [5.41, 5.74) is 3.21. The maximum absolute atomic E-state index is 12.6. The first-order valence-electron chi connectivity index (χ1n) is 10.5. The molecule has 34 heavy (non-hydrogen) atoms. The number of anilines is 1. The Kier molecular flexibility index (Phi) is 8.29. The Morgan fingerprint density at radius 1 is 1.06 bits per heavy atom. The van der Waals surface area contributed by atoms with E-state index in [4.69, 9.17) is 21.1 Å². The van der Waals surface area contributed by atoms with Crippen LogP contribution in [-0.2, 0) is 11.4 Å². The number of hydrogen-bond acceptors (Lipinski definition) is 5. The minimum Gasteiger partial charge on any atom is -0.490 e. The second-order valence-corrected chi connectivity index (χ2v) is 7.69. The lowest BCUT2D eigenvalue weighted by atomic mass is 10.1. The van der Waals surface area contributed by atoms with E-state index in [1.807, 2.05) is 32.0 Å². The highest BCUT2D eigenvalue weighted by Crippen LogP contribution is 2.30. The lowest BCUT2D eigenvalue weighted by Crippen LogP contribution is -2.13. The first kappa shape index (κ1) is 24.4. The number of carbonyl (C=O) groups is 1. The number of hydrogen-bond donors (Lipinski definition) is 1. The predicted octanol–water partition coefficient (Wildman–Crippen LogP) is 6.04. The SMILES string of the molecule is CCOc1cc(/C=C(\C#N)C(=O)Nc2ccc(C)c(Cl)c2)ccc1OCc1ccccc1C#N. The Hall–Kier alpha value is -4.26. The van der Waals surface area contributed by atoms with E-state index in [1.54, 1.807) is 48.5 Å². The quantitative estimate of drug-likeness (QED) is 0.319. The Labute approximate surface area is 203 Å². The molecule has 0 atom stereocenters. The Morgan fingerprint density at radius 2 is 1.85 bits per heavy atom. The van der Waals surface area contributed by atoms with Gasteiger partial charge in [0.25, 0.3) is 5.91 Å². The van der Waals surface area contributed by atoms with Crippen LogP contribution in [-0.4, -0.2) is 12.5 Å². The zero-order valence-corrected chi connectivity index (χ0v) is 19.5. The number of nitrogens with zero attached hydrogens (tertiary/aromatic N) is 2. The summed E-state index contributed by atoms with van der Waals surface area (Å²) in [4.78, 5) is 12.6. The summed E-state index contributed by atoms with van der Waals surface area (Å²) in [5.74, 6) is 0.409. The highest BCUT2D eigenvalue weighted by atomic mass is 35.5. The molecule has 6 nitrogen and oxygen atoms in total. The van der Waals surface area contributed by atoms with Crippen LogP contribution in [0.2, 0.25) is 5.02 Å². The van der Waals surface area contributed by atoms with Gasteiger partial charge in [-0.15, -0.1) is 0 Å². The highest BCUT2D eigenvalue weighted by molar-refractivity contribution is 6.31. The van der Waals surface area contributed by atoms with Crippen LogP contribution in [0.5, 0.6) is 11.5 Å². The first-order valence-corrected chi connectivity index (χ1v) is 10.9. The summed E-state index contributed by atoms with van der Waals surface area (Å²) < 4.78 is 11.6. The van der Waals surface area contributed by atoms with Gasteiger partial charge in [-0.25, -0.2) is 0 Å². The molecule has 0 radical (unpaired) electrons. The van der Waals surface area contributed by atoms with Gasteiger partial charge in [0.15, 0.2) is 11.5 Å². The molecule has 170 valence electrons. The van der Waals surface area contributed by atoms with Gasteiger partial charge in [0.2, 0.25) is 0 Å². The van der Waals surface area contributed by atoms with E-state index in [2.05, 4.69) is 11.4 Å². The van der Waals surface area contributed by atoms with Crippen molar-refractivity contribution in [1.29, 1.82) is 10.5 Å². The number of benzene rings is 3. The molecule has 0 fully saturated rings. The number of nitrogens with one attached hydrogen (secondary N) is 1. The second kappa shape index (κ2) is 11.6. The number of amides is 1. The van der Waals surface area contributed by atoms with E-state index in [-0.39, 0.29) is 12.2 Å². The average Bonchev–Trinajstić information content (AvgIpc) is 2.84. The molecule has 0 bridgehead atoms. The molecule has 0 saturated carbocycles. The molecule has 3 rings (SSSR count). The van der Waals surface area contributed by atoms with Crippen LogP contribution < -0.4 is 14.8 Å².